The van der Waals surface area contributed by atoms with Crippen LogP contribution in [0.3, 0.4) is 0 Å². The summed E-state index contributed by atoms with van der Waals surface area (Å²) in [4.78, 5) is 3.70. The highest BCUT2D eigenvalue weighted by Gasteiger charge is 2.18. The molecule has 0 aliphatic rings. The molecule has 0 spiro atoms. The molecule has 0 radical (unpaired) electrons. The number of imidazole rings is 1. The zero-order valence-corrected chi connectivity index (χ0v) is 10.3. The van der Waals surface area contributed by atoms with Crippen molar-refractivity contribution in [2.45, 2.75) is 5.03 Å². The quantitative estimate of drug-likeness (QED) is 0.812. The number of sulfonamides is 1. The Balaban J connectivity index is 2.33. The number of hydrogen-bond donors (Lipinski definition) is 2. The van der Waals surface area contributed by atoms with Crippen molar-refractivity contribution in [3.05, 3.63) is 36.5 Å². The maximum Gasteiger partial charge on any atom is 0.281 e. The first-order chi connectivity index (χ1) is 8.38. The molecule has 96 valence electrons. The summed E-state index contributed by atoms with van der Waals surface area (Å²) in [6, 6.07) is 3.70. The molecule has 0 aliphatic heterocycles. The third-order valence-electron chi connectivity index (χ3n) is 2.19. The number of hydrogen-bond acceptors (Lipinski definition) is 4. The van der Waals surface area contributed by atoms with Gasteiger partial charge in [-0.1, -0.05) is 0 Å². The third kappa shape index (κ3) is 2.43. The summed E-state index contributed by atoms with van der Waals surface area (Å²) in [5.74, 6) is -0.741. The van der Waals surface area contributed by atoms with E-state index >= 15 is 0 Å². The van der Waals surface area contributed by atoms with Gasteiger partial charge in [-0.3, -0.25) is 4.72 Å². The highest BCUT2D eigenvalue weighted by molar-refractivity contribution is 7.92. The Morgan fingerprint density at radius 1 is 1.44 bits per heavy atom. The van der Waals surface area contributed by atoms with Crippen LogP contribution in [0.2, 0.25) is 0 Å². The number of benzene rings is 1. The number of aryl methyl sites for hydroxylation is 1. The van der Waals surface area contributed by atoms with E-state index in [1.54, 1.807) is 7.05 Å². The van der Waals surface area contributed by atoms with Crippen LogP contribution in [-0.2, 0) is 17.1 Å². The molecule has 2 aromatic rings. The van der Waals surface area contributed by atoms with Crippen molar-refractivity contribution in [3.63, 3.8) is 0 Å². The van der Waals surface area contributed by atoms with Gasteiger partial charge in [0.05, 0.1) is 12.0 Å². The van der Waals surface area contributed by atoms with Gasteiger partial charge in [-0.2, -0.15) is 8.42 Å². The molecule has 1 aromatic heterocycles. The summed E-state index contributed by atoms with van der Waals surface area (Å²) in [7, 11) is -2.26. The second-order valence-corrected chi connectivity index (χ2v) is 5.35. The van der Waals surface area contributed by atoms with Gasteiger partial charge < -0.3 is 10.3 Å². The molecular formula is C10H11FN4O2S. The van der Waals surface area contributed by atoms with Crippen LogP contribution in [0.1, 0.15) is 0 Å². The fourth-order valence-electron chi connectivity index (χ4n) is 1.34. The zero-order valence-electron chi connectivity index (χ0n) is 9.46. The summed E-state index contributed by atoms with van der Waals surface area (Å²) >= 11 is 0. The molecule has 3 N–H and O–H groups in total. The van der Waals surface area contributed by atoms with Crippen LogP contribution in [0, 0.1) is 5.82 Å². The lowest BCUT2D eigenvalue weighted by molar-refractivity contribution is 0.595. The summed E-state index contributed by atoms with van der Waals surface area (Å²) in [5, 5.41) is -0.179. The molecule has 0 atom stereocenters. The highest BCUT2D eigenvalue weighted by Crippen LogP contribution is 2.20. The summed E-state index contributed by atoms with van der Waals surface area (Å²) in [6.45, 7) is 0. The van der Waals surface area contributed by atoms with Gasteiger partial charge in [0.2, 0.25) is 0 Å². The molecule has 8 heteroatoms. The van der Waals surface area contributed by atoms with Gasteiger partial charge >= 0.3 is 0 Å². The monoisotopic (exact) mass is 270 g/mol. The zero-order chi connectivity index (χ0) is 13.3. The minimum atomic E-state index is -3.89. The van der Waals surface area contributed by atoms with Crippen LogP contribution in [0.5, 0.6) is 0 Å². The molecule has 0 saturated carbocycles. The van der Waals surface area contributed by atoms with Crippen LogP contribution >= 0.6 is 0 Å². The Hall–Kier alpha value is -2.09. The van der Waals surface area contributed by atoms with Gasteiger partial charge in [0.1, 0.15) is 5.82 Å². The molecule has 0 aliphatic carbocycles. The minimum Gasteiger partial charge on any atom is -0.399 e. The van der Waals surface area contributed by atoms with Gasteiger partial charge in [0.15, 0.2) is 5.03 Å². The van der Waals surface area contributed by atoms with Gasteiger partial charge in [-0.15, -0.1) is 0 Å². The second kappa shape index (κ2) is 4.30. The first-order valence-corrected chi connectivity index (χ1v) is 6.42. The molecule has 6 nitrogen and oxygen atoms in total. The van der Waals surface area contributed by atoms with Gasteiger partial charge in [-0.25, -0.2) is 9.37 Å². The van der Waals surface area contributed by atoms with Gasteiger partial charge in [0, 0.05) is 18.9 Å². The van der Waals surface area contributed by atoms with E-state index in [4.69, 9.17) is 5.73 Å². The van der Waals surface area contributed by atoms with Crippen molar-refractivity contribution in [1.29, 1.82) is 0 Å². The molecule has 0 saturated heterocycles. The van der Waals surface area contributed by atoms with E-state index in [-0.39, 0.29) is 16.4 Å². The number of halogens is 1. The second-order valence-electron chi connectivity index (χ2n) is 3.72. The predicted octanol–water partition coefficient (Wildman–Crippen LogP) is 0.942. The fourth-order valence-corrected chi connectivity index (χ4v) is 2.39. The van der Waals surface area contributed by atoms with E-state index in [2.05, 4.69) is 9.71 Å². The lowest BCUT2D eigenvalue weighted by Gasteiger charge is -2.07. The highest BCUT2D eigenvalue weighted by atomic mass is 32.2. The first-order valence-electron chi connectivity index (χ1n) is 4.94. The molecule has 2 rings (SSSR count). The minimum absolute atomic E-state index is 0.171. The molecule has 0 amide bonds. The maximum atomic E-state index is 13.5. The summed E-state index contributed by atoms with van der Waals surface area (Å²) in [6.07, 6.45) is 2.66. The normalized spacial score (nSPS) is 11.4. The lowest BCUT2D eigenvalue weighted by atomic mass is 10.3. The van der Waals surface area contributed by atoms with E-state index in [0.29, 0.717) is 0 Å². The molecule has 18 heavy (non-hydrogen) atoms. The lowest BCUT2D eigenvalue weighted by Crippen LogP contribution is -2.14. The number of nitrogen functional groups attached to an aromatic ring is 1. The van der Waals surface area contributed by atoms with Gasteiger partial charge in [-0.05, 0) is 18.2 Å². The molecule has 1 aromatic carbocycles. The topological polar surface area (TPSA) is 90.0 Å². The Morgan fingerprint density at radius 3 is 2.72 bits per heavy atom. The third-order valence-corrected chi connectivity index (χ3v) is 3.44. The molecule has 0 fully saturated rings. The van der Waals surface area contributed by atoms with E-state index in [1.165, 1.54) is 29.2 Å². The van der Waals surface area contributed by atoms with Crippen molar-refractivity contribution in [2.75, 3.05) is 10.5 Å². The Kier molecular flexibility index (Phi) is 2.95. The van der Waals surface area contributed by atoms with Crippen molar-refractivity contribution >= 4 is 21.4 Å². The van der Waals surface area contributed by atoms with Crippen molar-refractivity contribution in [2.24, 2.45) is 7.05 Å². The average Bonchev–Trinajstić information content (AvgIpc) is 2.70. The average molecular weight is 270 g/mol. The van der Waals surface area contributed by atoms with Crippen LogP contribution in [0.4, 0.5) is 15.8 Å². The van der Waals surface area contributed by atoms with E-state index in [0.717, 1.165) is 6.07 Å². The van der Waals surface area contributed by atoms with E-state index in [9.17, 15) is 12.8 Å². The first kappa shape index (κ1) is 12.4. The number of nitrogens with two attached hydrogens (primary N) is 1. The molecule has 1 heterocycles. The van der Waals surface area contributed by atoms with E-state index < -0.39 is 15.8 Å². The van der Waals surface area contributed by atoms with Crippen molar-refractivity contribution < 1.29 is 12.8 Å². The fraction of sp³-hybridized carbons (Fsp3) is 0.100. The SMILES string of the molecule is Cn1cnc(S(=O)(=O)Nc2ccc(N)cc2F)c1. The molecule has 0 bridgehead atoms. The van der Waals surface area contributed by atoms with Crippen molar-refractivity contribution in [1.82, 2.24) is 9.55 Å². The number of rotatable bonds is 3. The van der Waals surface area contributed by atoms with E-state index in [1.807, 2.05) is 0 Å². The van der Waals surface area contributed by atoms with Crippen LogP contribution in [0.15, 0.2) is 35.7 Å². The van der Waals surface area contributed by atoms with Crippen LogP contribution in [-0.4, -0.2) is 18.0 Å². The van der Waals surface area contributed by atoms with Crippen molar-refractivity contribution in [3.8, 4) is 0 Å². The number of nitrogens with zero attached hydrogens (tertiary/aromatic N) is 2. The maximum absolute atomic E-state index is 13.5. The van der Waals surface area contributed by atoms with Crippen LogP contribution in [0.25, 0.3) is 0 Å². The number of anilines is 2. The largest absolute Gasteiger partial charge is 0.399 e. The molecular weight excluding hydrogens is 259 g/mol. The Morgan fingerprint density at radius 2 is 2.17 bits per heavy atom. The predicted molar refractivity (Wildman–Crippen MR) is 64.8 cm³/mol. The smallest absolute Gasteiger partial charge is 0.281 e. The van der Waals surface area contributed by atoms with Crippen LogP contribution < -0.4 is 10.5 Å². The Labute approximate surface area is 103 Å². The van der Waals surface area contributed by atoms with Gasteiger partial charge in [0.25, 0.3) is 10.0 Å². The number of aromatic nitrogens is 2. The molecule has 0 unspecified atom stereocenters. The Bertz CT molecular complexity index is 681. The summed E-state index contributed by atoms with van der Waals surface area (Å²) in [5.41, 5.74) is 5.42. The number of nitrogens with one attached hydrogen (secondary N) is 1. The standard InChI is InChI=1S/C10H11FN4O2S/c1-15-5-10(13-6-15)18(16,17)14-9-3-2-7(12)4-8(9)11/h2-6,14H,12H2,1H3. The summed E-state index contributed by atoms with van der Waals surface area (Å²) < 4.78 is 40.8.